The molecule has 2 heterocycles. The van der Waals surface area contributed by atoms with Crippen LogP contribution >= 0.6 is 11.8 Å². The lowest BCUT2D eigenvalue weighted by atomic mass is 10.2. The fourth-order valence-corrected chi connectivity index (χ4v) is 2.33. The molecule has 1 aliphatic heterocycles. The van der Waals surface area contributed by atoms with E-state index in [0.29, 0.717) is 17.3 Å². The van der Waals surface area contributed by atoms with Crippen molar-refractivity contribution in [2.45, 2.75) is 17.8 Å². The molecule has 0 aromatic carbocycles. The van der Waals surface area contributed by atoms with Gasteiger partial charge in [0.15, 0.2) is 0 Å². The Kier molecular flexibility index (Phi) is 1.64. The topological polar surface area (TPSA) is 4.93 Å². The zero-order valence-corrected chi connectivity index (χ0v) is 6.87. The molecule has 0 fully saturated rings. The molecular formula is C7H6F3NS. The SMILES string of the molecule is FC(F)(F)c1ccn2c1CSC2. The second-order valence-electron chi connectivity index (χ2n) is 2.62. The van der Waals surface area contributed by atoms with Crippen molar-refractivity contribution in [3.8, 4) is 0 Å². The zero-order valence-electron chi connectivity index (χ0n) is 6.06. The van der Waals surface area contributed by atoms with Gasteiger partial charge in [-0.25, -0.2) is 0 Å². The molecular weight excluding hydrogens is 187 g/mol. The fraction of sp³-hybridized carbons (Fsp3) is 0.429. The van der Waals surface area contributed by atoms with Gasteiger partial charge in [0, 0.05) is 17.6 Å². The van der Waals surface area contributed by atoms with Crippen LogP contribution in [0.1, 0.15) is 11.3 Å². The number of fused-ring (bicyclic) bond motifs is 1. The van der Waals surface area contributed by atoms with Gasteiger partial charge in [-0.05, 0) is 6.07 Å². The lowest BCUT2D eigenvalue weighted by Crippen LogP contribution is -2.06. The minimum absolute atomic E-state index is 0.410. The Balaban J connectivity index is 2.46. The molecule has 0 spiro atoms. The van der Waals surface area contributed by atoms with E-state index in [9.17, 15) is 13.2 Å². The average Bonchev–Trinajstić information content (AvgIpc) is 2.37. The summed E-state index contributed by atoms with van der Waals surface area (Å²) < 4.78 is 38.4. The predicted octanol–water partition coefficient (Wildman–Crippen LogP) is 2.71. The molecule has 12 heavy (non-hydrogen) atoms. The first kappa shape index (κ1) is 8.04. The predicted molar refractivity (Wildman–Crippen MR) is 40.7 cm³/mol. The van der Waals surface area contributed by atoms with E-state index in [0.717, 1.165) is 6.07 Å². The zero-order chi connectivity index (χ0) is 8.77. The van der Waals surface area contributed by atoms with Crippen molar-refractivity contribution in [3.63, 3.8) is 0 Å². The van der Waals surface area contributed by atoms with E-state index in [4.69, 9.17) is 0 Å². The number of halogens is 3. The van der Waals surface area contributed by atoms with Gasteiger partial charge in [0.25, 0.3) is 0 Å². The van der Waals surface area contributed by atoms with Crippen LogP contribution in [0.5, 0.6) is 0 Å². The van der Waals surface area contributed by atoms with Crippen molar-refractivity contribution < 1.29 is 13.2 Å². The third-order valence-corrected chi connectivity index (χ3v) is 2.79. The Morgan fingerprint density at radius 1 is 1.42 bits per heavy atom. The van der Waals surface area contributed by atoms with Gasteiger partial charge in [0.1, 0.15) is 0 Å². The van der Waals surface area contributed by atoms with Gasteiger partial charge in [-0.15, -0.1) is 11.8 Å². The molecule has 1 nitrogen and oxygen atoms in total. The maximum atomic E-state index is 12.3. The number of nitrogens with zero attached hydrogens (tertiary/aromatic N) is 1. The molecule has 2 rings (SSSR count). The molecule has 5 heteroatoms. The van der Waals surface area contributed by atoms with Crippen LogP contribution in [0.4, 0.5) is 13.2 Å². The first-order chi connectivity index (χ1) is 5.59. The van der Waals surface area contributed by atoms with Gasteiger partial charge in [0.2, 0.25) is 0 Å². The van der Waals surface area contributed by atoms with Crippen molar-refractivity contribution >= 4 is 11.8 Å². The summed E-state index contributed by atoms with van der Waals surface area (Å²) in [5.41, 5.74) is -0.0694. The fourth-order valence-electron chi connectivity index (χ4n) is 1.29. The van der Waals surface area contributed by atoms with Gasteiger partial charge in [-0.1, -0.05) is 0 Å². The number of aromatic nitrogens is 1. The lowest BCUT2D eigenvalue weighted by molar-refractivity contribution is -0.138. The maximum Gasteiger partial charge on any atom is 0.418 e. The highest BCUT2D eigenvalue weighted by Gasteiger charge is 2.36. The van der Waals surface area contributed by atoms with Crippen LogP contribution in [-0.4, -0.2) is 4.57 Å². The third-order valence-electron chi connectivity index (χ3n) is 1.85. The van der Waals surface area contributed by atoms with E-state index >= 15 is 0 Å². The van der Waals surface area contributed by atoms with Crippen LogP contribution in [0, 0.1) is 0 Å². The van der Waals surface area contributed by atoms with E-state index in [1.54, 1.807) is 4.57 Å². The first-order valence-electron chi connectivity index (χ1n) is 3.42. The van der Waals surface area contributed by atoms with Crippen LogP contribution in [0.3, 0.4) is 0 Å². The number of thioether (sulfide) groups is 1. The summed E-state index contributed by atoms with van der Waals surface area (Å²) in [6, 6.07) is 1.15. The molecule has 0 atom stereocenters. The van der Waals surface area contributed by atoms with Crippen LogP contribution in [0.2, 0.25) is 0 Å². The second kappa shape index (κ2) is 2.45. The Morgan fingerprint density at radius 2 is 2.17 bits per heavy atom. The summed E-state index contributed by atoms with van der Waals surface area (Å²) in [5.74, 6) is 1.12. The van der Waals surface area contributed by atoms with Gasteiger partial charge < -0.3 is 4.57 Å². The quantitative estimate of drug-likeness (QED) is 0.613. The minimum Gasteiger partial charge on any atom is -0.340 e. The van der Waals surface area contributed by atoms with Crippen LogP contribution in [-0.2, 0) is 17.8 Å². The lowest BCUT2D eigenvalue weighted by Gasteiger charge is -2.05. The molecule has 0 radical (unpaired) electrons. The van der Waals surface area contributed by atoms with Crippen LogP contribution in [0.25, 0.3) is 0 Å². The number of hydrogen-bond donors (Lipinski definition) is 0. The summed E-state index contributed by atoms with van der Waals surface area (Å²) in [6.07, 6.45) is -2.69. The number of alkyl halides is 3. The molecule has 0 unspecified atom stereocenters. The van der Waals surface area contributed by atoms with E-state index in [1.807, 2.05) is 0 Å². The standard InChI is InChI=1S/C7H6F3NS/c8-7(9,10)5-1-2-11-4-12-3-6(5)11/h1-2H,3-4H2. The van der Waals surface area contributed by atoms with E-state index < -0.39 is 11.7 Å². The Hall–Kier alpha value is -0.580. The molecule has 0 aliphatic carbocycles. The molecule has 0 N–H and O–H groups in total. The van der Waals surface area contributed by atoms with Crippen molar-refractivity contribution in [1.29, 1.82) is 0 Å². The highest BCUT2D eigenvalue weighted by atomic mass is 32.2. The van der Waals surface area contributed by atoms with Crippen molar-refractivity contribution in [2.75, 3.05) is 0 Å². The number of rotatable bonds is 0. The summed E-state index contributed by atoms with van der Waals surface area (Å²) in [5, 5.41) is 0. The smallest absolute Gasteiger partial charge is 0.340 e. The van der Waals surface area contributed by atoms with E-state index in [-0.39, 0.29) is 0 Å². The van der Waals surface area contributed by atoms with E-state index in [1.165, 1.54) is 18.0 Å². The summed E-state index contributed by atoms with van der Waals surface area (Å²) in [4.78, 5) is 0. The molecule has 1 aromatic heterocycles. The molecule has 0 amide bonds. The second-order valence-corrected chi connectivity index (χ2v) is 3.58. The third kappa shape index (κ3) is 1.12. The van der Waals surface area contributed by atoms with Gasteiger partial charge in [0.05, 0.1) is 11.4 Å². The molecule has 0 saturated heterocycles. The average molecular weight is 193 g/mol. The van der Waals surface area contributed by atoms with Gasteiger partial charge in [-0.3, -0.25) is 0 Å². The largest absolute Gasteiger partial charge is 0.418 e. The summed E-state index contributed by atoms with van der Waals surface area (Å²) in [6.45, 7) is 0. The Morgan fingerprint density at radius 3 is 2.83 bits per heavy atom. The molecule has 0 bridgehead atoms. The summed E-state index contributed by atoms with van der Waals surface area (Å²) >= 11 is 1.50. The molecule has 0 saturated carbocycles. The van der Waals surface area contributed by atoms with Crippen molar-refractivity contribution in [1.82, 2.24) is 4.57 Å². The monoisotopic (exact) mass is 193 g/mol. The van der Waals surface area contributed by atoms with Crippen LogP contribution in [0.15, 0.2) is 12.3 Å². The highest BCUT2D eigenvalue weighted by Crippen LogP contribution is 2.37. The maximum absolute atomic E-state index is 12.3. The van der Waals surface area contributed by atoms with E-state index in [2.05, 4.69) is 0 Å². The number of hydrogen-bond acceptors (Lipinski definition) is 1. The molecule has 1 aromatic rings. The van der Waals surface area contributed by atoms with Gasteiger partial charge in [-0.2, -0.15) is 13.2 Å². The van der Waals surface area contributed by atoms with Crippen molar-refractivity contribution in [2.24, 2.45) is 0 Å². The normalized spacial score (nSPS) is 16.6. The molecule has 66 valence electrons. The summed E-state index contributed by atoms with van der Waals surface area (Å²) in [7, 11) is 0. The Labute approximate surface area is 71.6 Å². The Bertz CT molecular complexity index is 302. The van der Waals surface area contributed by atoms with Gasteiger partial charge >= 0.3 is 6.18 Å². The van der Waals surface area contributed by atoms with Crippen molar-refractivity contribution in [3.05, 3.63) is 23.5 Å². The first-order valence-corrected chi connectivity index (χ1v) is 4.57. The highest BCUT2D eigenvalue weighted by molar-refractivity contribution is 7.97. The minimum atomic E-state index is -4.19. The molecule has 1 aliphatic rings. The van der Waals surface area contributed by atoms with Crippen LogP contribution < -0.4 is 0 Å².